The van der Waals surface area contributed by atoms with Gasteiger partial charge in [0.05, 0.1) is 10.8 Å². The zero-order valence-electron chi connectivity index (χ0n) is 13.9. The number of carbonyl (C=O) groups excluding carboxylic acids is 2. The van der Waals surface area contributed by atoms with Crippen LogP contribution in [0.4, 0.5) is 0 Å². The van der Waals surface area contributed by atoms with Crippen molar-refractivity contribution in [1.29, 1.82) is 0 Å². The standard InChI is InChI=1S/C19H22N2O2S/c1-20-15-10-6-5-9-14(15)18-16(11-22)21(13-7-3-2-4-8-13)17(23)12-24-19(18)20/h5-6,9-11,13,16H,2-4,7-8,12H2,1H3. The molecule has 1 saturated carbocycles. The highest BCUT2D eigenvalue weighted by Crippen LogP contribution is 2.42. The Morgan fingerprint density at radius 2 is 1.92 bits per heavy atom. The number of benzene rings is 1. The van der Waals surface area contributed by atoms with Crippen LogP contribution < -0.4 is 0 Å². The van der Waals surface area contributed by atoms with Gasteiger partial charge < -0.3 is 14.3 Å². The molecule has 1 aliphatic carbocycles. The van der Waals surface area contributed by atoms with Crippen LogP contribution in [-0.4, -0.2) is 33.5 Å². The van der Waals surface area contributed by atoms with E-state index in [1.165, 1.54) is 6.42 Å². The fourth-order valence-electron chi connectivity index (χ4n) is 4.28. The lowest BCUT2D eigenvalue weighted by Gasteiger charge is -2.37. The van der Waals surface area contributed by atoms with E-state index < -0.39 is 6.04 Å². The first-order chi connectivity index (χ1) is 11.7. The molecule has 1 atom stereocenters. The number of thioether (sulfide) groups is 1. The third kappa shape index (κ3) is 2.37. The van der Waals surface area contributed by atoms with Gasteiger partial charge in [-0.25, -0.2) is 0 Å². The van der Waals surface area contributed by atoms with Crippen molar-refractivity contribution in [1.82, 2.24) is 9.47 Å². The number of nitrogens with zero attached hydrogens (tertiary/aromatic N) is 2. The zero-order chi connectivity index (χ0) is 16.7. The lowest BCUT2D eigenvalue weighted by Crippen LogP contribution is -2.44. The number of fused-ring (bicyclic) bond motifs is 3. The second-order valence-electron chi connectivity index (χ2n) is 6.76. The molecule has 4 rings (SSSR count). The summed E-state index contributed by atoms with van der Waals surface area (Å²) in [5, 5.41) is 2.15. The third-order valence-electron chi connectivity index (χ3n) is 5.40. The van der Waals surface area contributed by atoms with E-state index in [0.29, 0.717) is 5.75 Å². The van der Waals surface area contributed by atoms with Crippen molar-refractivity contribution in [3.8, 4) is 0 Å². The molecule has 1 unspecified atom stereocenters. The first-order valence-corrected chi connectivity index (χ1v) is 9.67. The van der Waals surface area contributed by atoms with Gasteiger partial charge in [-0.3, -0.25) is 4.79 Å². The SMILES string of the molecule is Cn1c2c(c3ccccc31)C(C=O)N(C1CCCCC1)C(=O)CS2. The predicted octanol–water partition coefficient (Wildman–Crippen LogP) is 3.69. The molecule has 1 aromatic heterocycles. The van der Waals surface area contributed by atoms with E-state index in [9.17, 15) is 9.59 Å². The maximum absolute atomic E-state index is 12.8. The molecule has 2 aromatic rings. The molecule has 2 aliphatic rings. The zero-order valence-corrected chi connectivity index (χ0v) is 14.7. The molecule has 5 heteroatoms. The fraction of sp³-hybridized carbons (Fsp3) is 0.474. The number of aromatic nitrogens is 1. The first-order valence-electron chi connectivity index (χ1n) is 8.69. The van der Waals surface area contributed by atoms with Crippen molar-refractivity contribution in [2.75, 3.05) is 5.75 Å². The molecule has 0 spiro atoms. The molecule has 1 aromatic carbocycles. The van der Waals surface area contributed by atoms with Gasteiger partial charge in [-0.05, 0) is 18.9 Å². The predicted molar refractivity (Wildman–Crippen MR) is 96.2 cm³/mol. The van der Waals surface area contributed by atoms with E-state index in [1.54, 1.807) is 11.8 Å². The molecule has 0 radical (unpaired) electrons. The maximum atomic E-state index is 12.8. The van der Waals surface area contributed by atoms with Gasteiger partial charge in [0.15, 0.2) is 0 Å². The lowest BCUT2D eigenvalue weighted by atomic mass is 9.92. The van der Waals surface area contributed by atoms with Gasteiger partial charge in [0, 0.05) is 29.6 Å². The van der Waals surface area contributed by atoms with Crippen molar-refractivity contribution >= 4 is 34.9 Å². The minimum atomic E-state index is -0.461. The molecule has 24 heavy (non-hydrogen) atoms. The van der Waals surface area contributed by atoms with E-state index >= 15 is 0 Å². The summed E-state index contributed by atoms with van der Waals surface area (Å²) in [4.78, 5) is 26.8. The van der Waals surface area contributed by atoms with Gasteiger partial charge in [0.1, 0.15) is 12.3 Å². The number of amides is 1. The van der Waals surface area contributed by atoms with Crippen molar-refractivity contribution in [3.05, 3.63) is 29.8 Å². The summed E-state index contributed by atoms with van der Waals surface area (Å²) in [7, 11) is 2.02. The summed E-state index contributed by atoms with van der Waals surface area (Å²) in [5.41, 5.74) is 2.14. The molecule has 126 valence electrons. The van der Waals surface area contributed by atoms with E-state index in [1.807, 2.05) is 24.1 Å². The Morgan fingerprint density at radius 3 is 2.67 bits per heavy atom. The topological polar surface area (TPSA) is 42.3 Å². The summed E-state index contributed by atoms with van der Waals surface area (Å²) in [6.07, 6.45) is 6.54. The Bertz CT molecular complexity index is 792. The molecule has 1 aliphatic heterocycles. The van der Waals surface area contributed by atoms with Gasteiger partial charge in [-0.1, -0.05) is 49.2 Å². The van der Waals surface area contributed by atoms with Crippen molar-refractivity contribution in [2.45, 2.75) is 49.2 Å². The Hall–Kier alpha value is -1.75. The molecule has 1 amide bonds. The van der Waals surface area contributed by atoms with Crippen LogP contribution in [0.3, 0.4) is 0 Å². The summed E-state index contributed by atoms with van der Waals surface area (Å²) in [5.74, 6) is 0.516. The molecule has 0 saturated heterocycles. The molecule has 0 bridgehead atoms. The quantitative estimate of drug-likeness (QED) is 0.782. The summed E-state index contributed by atoms with van der Waals surface area (Å²) >= 11 is 1.57. The average molecular weight is 342 g/mol. The van der Waals surface area contributed by atoms with Gasteiger partial charge in [0.2, 0.25) is 5.91 Å². The number of rotatable bonds is 2. The Balaban J connectivity index is 1.88. The normalized spacial score (nSPS) is 22.5. The van der Waals surface area contributed by atoms with Crippen LogP contribution in [0.2, 0.25) is 0 Å². The number of aldehydes is 1. The maximum Gasteiger partial charge on any atom is 0.234 e. The fourth-order valence-corrected chi connectivity index (χ4v) is 5.37. The number of hydrogen-bond acceptors (Lipinski definition) is 3. The van der Waals surface area contributed by atoms with E-state index in [2.05, 4.69) is 16.7 Å². The first kappa shape index (κ1) is 15.8. The second-order valence-corrected chi connectivity index (χ2v) is 7.72. The highest BCUT2D eigenvalue weighted by Gasteiger charge is 2.38. The smallest absolute Gasteiger partial charge is 0.234 e. The highest BCUT2D eigenvalue weighted by atomic mass is 32.2. The summed E-state index contributed by atoms with van der Waals surface area (Å²) in [6.45, 7) is 0. The van der Waals surface area contributed by atoms with Gasteiger partial charge in [-0.2, -0.15) is 0 Å². The number of para-hydroxylation sites is 1. The third-order valence-corrected chi connectivity index (χ3v) is 6.56. The van der Waals surface area contributed by atoms with Crippen LogP contribution in [0.1, 0.15) is 43.7 Å². The summed E-state index contributed by atoms with van der Waals surface area (Å²) in [6, 6.07) is 7.92. The number of aryl methyl sites for hydroxylation is 1. The van der Waals surface area contributed by atoms with Crippen molar-refractivity contribution < 1.29 is 9.59 Å². The average Bonchev–Trinajstić information content (AvgIpc) is 2.81. The van der Waals surface area contributed by atoms with Crippen molar-refractivity contribution in [3.63, 3.8) is 0 Å². The van der Waals surface area contributed by atoms with Gasteiger partial charge in [-0.15, -0.1) is 0 Å². The largest absolute Gasteiger partial charge is 0.339 e. The van der Waals surface area contributed by atoms with Crippen LogP contribution in [0.15, 0.2) is 29.3 Å². The lowest BCUT2D eigenvalue weighted by molar-refractivity contribution is -0.137. The molecule has 4 nitrogen and oxygen atoms in total. The van der Waals surface area contributed by atoms with Crippen LogP contribution in [0, 0.1) is 0 Å². The number of carbonyl (C=O) groups is 2. The van der Waals surface area contributed by atoms with Crippen LogP contribution >= 0.6 is 11.8 Å². The molecular formula is C19H22N2O2S. The summed E-state index contributed by atoms with van der Waals surface area (Å²) < 4.78 is 2.13. The van der Waals surface area contributed by atoms with Gasteiger partial charge in [0.25, 0.3) is 0 Å². The monoisotopic (exact) mass is 342 g/mol. The Morgan fingerprint density at radius 1 is 1.17 bits per heavy atom. The highest BCUT2D eigenvalue weighted by molar-refractivity contribution is 8.00. The second kappa shape index (κ2) is 6.28. The van der Waals surface area contributed by atoms with Crippen molar-refractivity contribution in [2.24, 2.45) is 7.05 Å². The number of hydrogen-bond donors (Lipinski definition) is 0. The Labute approximate surface area is 146 Å². The van der Waals surface area contributed by atoms with Crippen LogP contribution in [0.5, 0.6) is 0 Å². The Kier molecular flexibility index (Phi) is 4.12. The van der Waals surface area contributed by atoms with E-state index in [0.717, 1.165) is 53.5 Å². The molecule has 1 fully saturated rings. The van der Waals surface area contributed by atoms with E-state index in [4.69, 9.17) is 0 Å². The minimum absolute atomic E-state index is 0.101. The van der Waals surface area contributed by atoms with Crippen LogP contribution in [-0.2, 0) is 16.6 Å². The molecule has 0 N–H and O–H groups in total. The molecule has 2 heterocycles. The molecular weight excluding hydrogens is 320 g/mol. The van der Waals surface area contributed by atoms with Crippen LogP contribution in [0.25, 0.3) is 10.9 Å². The minimum Gasteiger partial charge on any atom is -0.339 e. The van der Waals surface area contributed by atoms with E-state index in [-0.39, 0.29) is 11.9 Å². The van der Waals surface area contributed by atoms with Gasteiger partial charge >= 0.3 is 0 Å².